The minimum absolute atomic E-state index is 0.162. The first-order valence-electron chi connectivity index (χ1n) is 12.6. The quantitative estimate of drug-likeness (QED) is 0.285. The summed E-state index contributed by atoms with van der Waals surface area (Å²) in [6.07, 6.45) is 5.91. The maximum atomic E-state index is 12.2. The first kappa shape index (κ1) is 25.1. The maximum Gasteiger partial charge on any atom is 0.175 e. The van der Waals surface area contributed by atoms with Gasteiger partial charge in [0.15, 0.2) is 9.84 Å². The fraction of sp³-hybridized carbons (Fsp3) is 0.267. The number of piperidine rings is 1. The lowest BCUT2D eigenvalue weighted by atomic mass is 9.99. The maximum absolute atomic E-state index is 12.2. The molecule has 0 radical (unpaired) electrons. The van der Waals surface area contributed by atoms with Crippen molar-refractivity contribution < 1.29 is 23.0 Å². The molecule has 1 saturated heterocycles. The molecule has 1 unspecified atom stereocenters. The van der Waals surface area contributed by atoms with E-state index in [0.29, 0.717) is 24.1 Å². The minimum Gasteiger partial charge on any atom is -0.508 e. The molecule has 192 valence electrons. The van der Waals surface area contributed by atoms with Crippen molar-refractivity contribution in [2.75, 3.05) is 19.4 Å². The predicted octanol–water partition coefficient (Wildman–Crippen LogP) is 6.32. The second-order valence-corrected chi connectivity index (χ2v) is 11.5. The summed E-state index contributed by atoms with van der Waals surface area (Å²) in [5.41, 5.74) is 1.48. The Morgan fingerprint density at radius 2 is 1.76 bits per heavy atom. The molecule has 4 aromatic rings. The molecule has 1 aliphatic rings. The Kier molecular flexibility index (Phi) is 7.35. The average Bonchev–Trinajstić information content (AvgIpc) is 2.90. The summed E-state index contributed by atoms with van der Waals surface area (Å²) in [7, 11) is -3.36. The van der Waals surface area contributed by atoms with Crippen molar-refractivity contribution in [1.82, 2.24) is 5.32 Å². The first-order chi connectivity index (χ1) is 17.9. The predicted molar refractivity (Wildman–Crippen MR) is 146 cm³/mol. The summed E-state index contributed by atoms with van der Waals surface area (Å²) in [6, 6.07) is 23.8. The van der Waals surface area contributed by atoms with Crippen molar-refractivity contribution in [3.05, 3.63) is 78.9 Å². The number of phenolic OH excluding ortho intramolecular Hbond substituents is 1. The van der Waals surface area contributed by atoms with Crippen LogP contribution in [0.1, 0.15) is 25.7 Å². The van der Waals surface area contributed by atoms with Crippen molar-refractivity contribution >= 4 is 20.6 Å². The van der Waals surface area contributed by atoms with E-state index < -0.39 is 9.84 Å². The van der Waals surface area contributed by atoms with Gasteiger partial charge in [-0.15, -0.1) is 0 Å². The number of benzene rings is 4. The lowest BCUT2D eigenvalue weighted by Crippen LogP contribution is -2.35. The molecule has 2 N–H and O–H groups in total. The zero-order valence-corrected chi connectivity index (χ0v) is 21.6. The third-order valence-corrected chi connectivity index (χ3v) is 7.83. The number of sulfone groups is 1. The van der Waals surface area contributed by atoms with Crippen LogP contribution in [0.4, 0.5) is 0 Å². The molecule has 0 aromatic heterocycles. The highest BCUT2D eigenvalue weighted by atomic mass is 32.2. The van der Waals surface area contributed by atoms with E-state index in [1.807, 2.05) is 42.5 Å². The fourth-order valence-corrected chi connectivity index (χ4v) is 5.40. The number of aromatic hydroxyl groups is 1. The number of ether oxygens (including phenoxy) is 2. The van der Waals surface area contributed by atoms with E-state index in [-0.39, 0.29) is 10.6 Å². The summed E-state index contributed by atoms with van der Waals surface area (Å²) in [4.78, 5) is 0.242. The topological polar surface area (TPSA) is 84.9 Å². The van der Waals surface area contributed by atoms with Crippen LogP contribution in [-0.4, -0.2) is 39.0 Å². The fourth-order valence-electron chi connectivity index (χ4n) is 4.73. The van der Waals surface area contributed by atoms with Crippen molar-refractivity contribution in [2.45, 2.75) is 36.6 Å². The standard InChI is InChI=1S/C30H31NO5S/c1-37(33,34)27-7-4-5-21(20-27)28-14-8-22-19-24(32)9-15-29(22)30(28)36-26-12-10-25(11-13-26)35-18-16-23-6-2-3-17-31-23/h4-5,7-15,19-20,23,31-32H,2-3,6,16-18H2,1H3. The number of hydrogen-bond acceptors (Lipinski definition) is 6. The molecule has 4 aromatic carbocycles. The van der Waals surface area contributed by atoms with Crippen LogP contribution < -0.4 is 14.8 Å². The summed E-state index contributed by atoms with van der Waals surface area (Å²) in [6.45, 7) is 1.75. The molecule has 0 amide bonds. The van der Waals surface area contributed by atoms with Gasteiger partial charge in [0.2, 0.25) is 0 Å². The van der Waals surface area contributed by atoms with E-state index in [0.717, 1.165) is 40.6 Å². The molecule has 0 aliphatic carbocycles. The largest absolute Gasteiger partial charge is 0.508 e. The third kappa shape index (κ3) is 6.06. The monoisotopic (exact) mass is 517 g/mol. The van der Waals surface area contributed by atoms with Gasteiger partial charge in [0, 0.05) is 23.2 Å². The van der Waals surface area contributed by atoms with Crippen LogP contribution in [0, 0.1) is 0 Å². The average molecular weight is 518 g/mol. The Morgan fingerprint density at radius 3 is 2.51 bits per heavy atom. The van der Waals surface area contributed by atoms with Gasteiger partial charge >= 0.3 is 0 Å². The summed E-state index contributed by atoms with van der Waals surface area (Å²) >= 11 is 0. The molecule has 0 bridgehead atoms. The lowest BCUT2D eigenvalue weighted by Gasteiger charge is -2.23. The number of hydrogen-bond donors (Lipinski definition) is 2. The summed E-state index contributed by atoms with van der Waals surface area (Å²) < 4.78 is 36.7. The molecule has 7 heteroatoms. The van der Waals surface area contributed by atoms with Gasteiger partial charge < -0.3 is 19.9 Å². The molecule has 5 rings (SSSR count). The molecular weight excluding hydrogens is 486 g/mol. The lowest BCUT2D eigenvalue weighted by molar-refractivity contribution is 0.268. The highest BCUT2D eigenvalue weighted by molar-refractivity contribution is 7.90. The first-order valence-corrected chi connectivity index (χ1v) is 14.5. The molecule has 1 atom stereocenters. The van der Waals surface area contributed by atoms with Crippen molar-refractivity contribution in [3.8, 4) is 34.1 Å². The Balaban J connectivity index is 1.41. The Bertz CT molecular complexity index is 1490. The Labute approximate surface area is 217 Å². The van der Waals surface area contributed by atoms with E-state index in [9.17, 15) is 13.5 Å². The molecule has 1 heterocycles. The Morgan fingerprint density at radius 1 is 0.946 bits per heavy atom. The Hall–Kier alpha value is -3.55. The second kappa shape index (κ2) is 10.8. The van der Waals surface area contributed by atoms with E-state index in [4.69, 9.17) is 9.47 Å². The molecule has 0 saturated carbocycles. The molecule has 1 fully saturated rings. The number of phenols is 1. The normalized spacial score (nSPS) is 16.0. The highest BCUT2D eigenvalue weighted by Gasteiger charge is 2.16. The zero-order valence-electron chi connectivity index (χ0n) is 20.8. The molecule has 0 spiro atoms. The summed E-state index contributed by atoms with van der Waals surface area (Å²) in [5, 5.41) is 15.1. The van der Waals surface area contributed by atoms with Crippen molar-refractivity contribution in [3.63, 3.8) is 0 Å². The van der Waals surface area contributed by atoms with Crippen LogP contribution in [0.5, 0.6) is 23.0 Å². The van der Waals surface area contributed by atoms with Gasteiger partial charge in [-0.05, 0) is 97.4 Å². The van der Waals surface area contributed by atoms with Gasteiger partial charge in [-0.2, -0.15) is 0 Å². The zero-order chi connectivity index (χ0) is 25.8. The van der Waals surface area contributed by atoms with E-state index >= 15 is 0 Å². The van der Waals surface area contributed by atoms with Crippen molar-refractivity contribution in [2.24, 2.45) is 0 Å². The molecule has 37 heavy (non-hydrogen) atoms. The minimum atomic E-state index is -3.36. The second-order valence-electron chi connectivity index (χ2n) is 9.51. The number of rotatable bonds is 8. The van der Waals surface area contributed by atoms with E-state index in [2.05, 4.69) is 5.32 Å². The third-order valence-electron chi connectivity index (χ3n) is 6.72. The van der Waals surface area contributed by atoms with Crippen LogP contribution in [-0.2, 0) is 9.84 Å². The van der Waals surface area contributed by atoms with Crippen molar-refractivity contribution in [1.29, 1.82) is 0 Å². The van der Waals surface area contributed by atoms with Crippen LogP contribution in [0.15, 0.2) is 83.8 Å². The van der Waals surface area contributed by atoms with Crippen LogP contribution in [0.3, 0.4) is 0 Å². The van der Waals surface area contributed by atoms with Gasteiger partial charge in [-0.3, -0.25) is 0 Å². The smallest absolute Gasteiger partial charge is 0.175 e. The number of fused-ring (bicyclic) bond motifs is 1. The van der Waals surface area contributed by atoms with Crippen LogP contribution in [0.2, 0.25) is 0 Å². The SMILES string of the molecule is CS(=O)(=O)c1cccc(-c2ccc3cc(O)ccc3c2Oc2ccc(OCCC3CCCCN3)cc2)c1. The summed E-state index contributed by atoms with van der Waals surface area (Å²) in [5.74, 6) is 2.16. The molecule has 6 nitrogen and oxygen atoms in total. The van der Waals surface area contributed by atoms with E-state index in [1.54, 1.807) is 36.4 Å². The highest BCUT2D eigenvalue weighted by Crippen LogP contribution is 2.41. The molecule has 1 aliphatic heterocycles. The molecular formula is C30H31NO5S. The van der Waals surface area contributed by atoms with Gasteiger partial charge in [0.25, 0.3) is 0 Å². The van der Waals surface area contributed by atoms with Gasteiger partial charge in [-0.1, -0.05) is 24.6 Å². The van der Waals surface area contributed by atoms with Gasteiger partial charge in [0.1, 0.15) is 23.0 Å². The van der Waals surface area contributed by atoms with Crippen LogP contribution >= 0.6 is 0 Å². The number of nitrogens with one attached hydrogen (secondary N) is 1. The van der Waals surface area contributed by atoms with Crippen LogP contribution in [0.25, 0.3) is 21.9 Å². The van der Waals surface area contributed by atoms with E-state index in [1.165, 1.54) is 25.5 Å². The van der Waals surface area contributed by atoms with Gasteiger partial charge in [0.05, 0.1) is 11.5 Å². The van der Waals surface area contributed by atoms with Gasteiger partial charge in [-0.25, -0.2) is 8.42 Å².